The fraction of sp³-hybridized carbons (Fsp3) is 0. The van der Waals surface area contributed by atoms with E-state index in [0.717, 1.165) is 0 Å². The Balaban J connectivity index is -0.0000000655. The molecule has 0 aromatic rings. The van der Waals surface area contributed by atoms with Gasteiger partial charge in [-0.05, 0) is 0 Å². The largest absolute Gasteiger partial charge is 3.00 e. The molecule has 0 saturated carbocycles. The predicted molar refractivity (Wildman–Crippen MR) is 36.1 cm³/mol. The van der Waals surface area contributed by atoms with Crippen molar-refractivity contribution in [2.75, 3.05) is 0 Å². The molecule has 1 radical (unpaired) electrons. The molecule has 0 amide bonds. The van der Waals surface area contributed by atoms with Gasteiger partial charge in [-0.2, -0.15) is 0 Å². The van der Waals surface area contributed by atoms with Crippen LogP contribution >= 0.6 is 23.5 Å². The molecule has 16 heavy (non-hydrogen) atoms. The van der Waals surface area contributed by atoms with Gasteiger partial charge in [0.25, 0.3) is 23.5 Å². The molecule has 0 spiro atoms. The van der Waals surface area contributed by atoms with Gasteiger partial charge >= 0.3 is 40.8 Å². The van der Waals surface area contributed by atoms with E-state index in [9.17, 15) is 0 Å². The van der Waals surface area contributed by atoms with Crippen molar-refractivity contribution in [3.8, 4) is 0 Å². The third-order valence-corrected chi connectivity index (χ3v) is 0. The van der Waals surface area contributed by atoms with Crippen molar-refractivity contribution < 1.29 is 98.6 Å². The average Bonchev–Trinajstić information content (AvgIpc) is 1.41. The van der Waals surface area contributed by atoms with Crippen molar-refractivity contribution in [2.45, 2.75) is 0 Å². The van der Waals surface area contributed by atoms with Gasteiger partial charge in [0, 0.05) is 0 Å². The second-order valence-electron chi connectivity index (χ2n) is 1.47. The predicted octanol–water partition coefficient (Wildman–Crippen LogP) is -4.68. The SMILES string of the molecule is O=P([O-])(O)O.O=P([O-])(O)O.O=P([O-])(O)O.[Nd+3]. The maximum absolute atomic E-state index is 8.77. The summed E-state index contributed by atoms with van der Waals surface area (Å²) in [6.07, 6.45) is 0. The second kappa shape index (κ2) is 10.6. The van der Waals surface area contributed by atoms with Gasteiger partial charge in [-0.25, -0.2) is 0 Å². The van der Waals surface area contributed by atoms with Gasteiger partial charge in [0.05, 0.1) is 0 Å². The zero-order chi connectivity index (χ0) is 13.5. The van der Waals surface area contributed by atoms with Crippen molar-refractivity contribution in [3.63, 3.8) is 0 Å². The molecule has 0 heterocycles. The minimum atomic E-state index is -4.89. The van der Waals surface area contributed by atoms with E-state index in [4.69, 9.17) is 57.7 Å². The number of hydrogen-bond acceptors (Lipinski definition) is 6. The molecule has 16 heteroatoms. The minimum absolute atomic E-state index is 0. The van der Waals surface area contributed by atoms with Crippen LogP contribution in [0.5, 0.6) is 0 Å². The van der Waals surface area contributed by atoms with Crippen molar-refractivity contribution >= 4 is 23.5 Å². The normalized spacial score (nSPS) is 11.1. The fourth-order valence-corrected chi connectivity index (χ4v) is 0. The summed E-state index contributed by atoms with van der Waals surface area (Å²) in [5.41, 5.74) is 0. The molecule has 12 nitrogen and oxygen atoms in total. The monoisotopic (exact) mass is 433 g/mol. The van der Waals surface area contributed by atoms with Crippen molar-refractivity contribution in [1.82, 2.24) is 0 Å². The minimum Gasteiger partial charge on any atom is -0.756 e. The molecular formula is H6NdO12P3. The van der Waals surface area contributed by atoms with Crippen molar-refractivity contribution in [2.24, 2.45) is 0 Å². The number of rotatable bonds is 0. The third-order valence-electron chi connectivity index (χ3n) is 0. The van der Waals surface area contributed by atoms with Gasteiger partial charge in [0.15, 0.2) is 0 Å². The first-order valence-electron chi connectivity index (χ1n) is 2.30. The molecule has 97 valence electrons. The average molecular weight is 435 g/mol. The summed E-state index contributed by atoms with van der Waals surface area (Å²) in [5, 5.41) is 0. The first kappa shape index (κ1) is 26.3. The zero-order valence-electron chi connectivity index (χ0n) is 6.97. The van der Waals surface area contributed by atoms with Crippen molar-refractivity contribution in [3.05, 3.63) is 0 Å². The van der Waals surface area contributed by atoms with Gasteiger partial charge in [-0.3, -0.25) is 13.7 Å². The van der Waals surface area contributed by atoms with E-state index in [2.05, 4.69) is 0 Å². The molecule has 0 aromatic heterocycles. The molecular weight excluding hydrogens is 429 g/mol. The number of hydrogen-bond donors (Lipinski definition) is 6. The Bertz CT molecular complexity index is 202. The standard InChI is InChI=1S/Nd.3H3O4P/c;3*1-5(2,3)4/h;3*(H3,1,2,3,4)/q+3;;;/p-3. The summed E-state index contributed by atoms with van der Waals surface area (Å²) in [5.74, 6) is 0. The molecule has 6 N–H and O–H groups in total. The van der Waals surface area contributed by atoms with E-state index >= 15 is 0 Å². The third kappa shape index (κ3) is 1200. The van der Waals surface area contributed by atoms with E-state index in [1.165, 1.54) is 0 Å². The summed E-state index contributed by atoms with van der Waals surface area (Å²) in [4.78, 5) is 68.8. The van der Waals surface area contributed by atoms with Crippen LogP contribution < -0.4 is 14.7 Å². The number of phosphoric acid groups is 3. The van der Waals surface area contributed by atoms with Crippen molar-refractivity contribution in [1.29, 1.82) is 0 Å². The second-order valence-corrected chi connectivity index (χ2v) is 4.42. The van der Waals surface area contributed by atoms with Gasteiger partial charge < -0.3 is 44.0 Å². The molecule has 0 aromatic carbocycles. The van der Waals surface area contributed by atoms with Crippen LogP contribution in [0.1, 0.15) is 0 Å². The smallest absolute Gasteiger partial charge is 0.756 e. The molecule has 0 bridgehead atoms. The Labute approximate surface area is 121 Å². The Morgan fingerprint density at radius 1 is 0.562 bits per heavy atom. The Morgan fingerprint density at radius 3 is 0.562 bits per heavy atom. The van der Waals surface area contributed by atoms with Gasteiger partial charge in [0.2, 0.25) is 0 Å². The first-order valence-corrected chi connectivity index (χ1v) is 6.89. The van der Waals surface area contributed by atoms with Crippen LogP contribution in [-0.2, 0) is 13.7 Å². The summed E-state index contributed by atoms with van der Waals surface area (Å²) in [6, 6.07) is 0. The van der Waals surface area contributed by atoms with E-state index in [1.54, 1.807) is 0 Å². The molecule has 0 saturated heterocycles. The van der Waals surface area contributed by atoms with Crippen LogP contribution in [0.15, 0.2) is 0 Å². The van der Waals surface area contributed by atoms with Gasteiger partial charge in [-0.1, -0.05) is 0 Å². The maximum atomic E-state index is 8.77. The molecule has 0 atom stereocenters. The zero-order valence-corrected chi connectivity index (χ0v) is 12.9. The molecule has 0 aliphatic heterocycles. The van der Waals surface area contributed by atoms with Gasteiger partial charge in [-0.15, -0.1) is 0 Å². The van der Waals surface area contributed by atoms with E-state index < -0.39 is 23.5 Å². The topological polar surface area (TPSA) is 242 Å². The maximum Gasteiger partial charge on any atom is 3.00 e. The molecule has 0 unspecified atom stereocenters. The van der Waals surface area contributed by atoms with E-state index in [1.807, 2.05) is 0 Å². The summed E-state index contributed by atoms with van der Waals surface area (Å²) >= 11 is 0. The van der Waals surface area contributed by atoms with E-state index in [0.29, 0.717) is 0 Å². The quantitative estimate of drug-likeness (QED) is 0.197. The fourth-order valence-electron chi connectivity index (χ4n) is 0. The molecule has 0 fully saturated rings. The van der Waals surface area contributed by atoms with Gasteiger partial charge in [0.1, 0.15) is 0 Å². The van der Waals surface area contributed by atoms with Crippen LogP contribution in [0.3, 0.4) is 0 Å². The Kier molecular flexibility index (Phi) is 17.4. The van der Waals surface area contributed by atoms with Crippen LogP contribution in [-0.4, -0.2) is 29.4 Å². The van der Waals surface area contributed by atoms with Crippen LogP contribution in [0.2, 0.25) is 0 Å². The van der Waals surface area contributed by atoms with Crippen LogP contribution in [0.4, 0.5) is 0 Å². The van der Waals surface area contributed by atoms with Crippen LogP contribution in [0.25, 0.3) is 0 Å². The summed E-state index contributed by atoms with van der Waals surface area (Å²) in [6.45, 7) is 0. The molecule has 0 rings (SSSR count). The van der Waals surface area contributed by atoms with E-state index in [-0.39, 0.29) is 40.8 Å². The summed E-state index contributed by atoms with van der Waals surface area (Å²) < 4.78 is 26.3. The summed E-state index contributed by atoms with van der Waals surface area (Å²) in [7, 11) is -14.7. The molecule has 0 aliphatic carbocycles. The first-order chi connectivity index (χ1) is 6.00. The molecule has 0 aliphatic rings. The van der Waals surface area contributed by atoms with Crippen LogP contribution in [0, 0.1) is 40.8 Å². The Hall–Kier alpha value is 1.68. The Morgan fingerprint density at radius 2 is 0.562 bits per heavy atom.